The van der Waals surface area contributed by atoms with Crippen LogP contribution in [-0.2, 0) is 22.6 Å². The maximum atomic E-state index is 13.7. The molecule has 0 aromatic heterocycles. The van der Waals surface area contributed by atoms with Gasteiger partial charge in [-0.15, -0.1) is 0 Å². The third-order valence-corrected chi connectivity index (χ3v) is 7.32. The molecule has 3 aromatic carbocycles. The highest BCUT2D eigenvalue weighted by Gasteiger charge is 2.32. The molecule has 38 heavy (non-hydrogen) atoms. The molecule has 3 aromatic rings. The van der Waals surface area contributed by atoms with E-state index in [0.717, 1.165) is 42.6 Å². The third kappa shape index (κ3) is 8.35. The zero-order valence-corrected chi connectivity index (χ0v) is 22.8. The van der Waals surface area contributed by atoms with Gasteiger partial charge in [0.05, 0.1) is 6.61 Å². The number of halogens is 1. The van der Waals surface area contributed by atoms with Gasteiger partial charge in [0, 0.05) is 30.5 Å². The molecule has 0 bridgehead atoms. The van der Waals surface area contributed by atoms with E-state index < -0.39 is 6.04 Å². The number of nitrogens with one attached hydrogen (secondary N) is 1. The largest absolute Gasteiger partial charge is 0.494 e. The second kappa shape index (κ2) is 14.0. The molecule has 4 rings (SSSR count). The highest BCUT2D eigenvalue weighted by Crippen LogP contribution is 2.21. The third-order valence-electron chi connectivity index (χ3n) is 7.06. The molecule has 0 radical (unpaired) electrons. The first kappa shape index (κ1) is 27.7. The van der Waals surface area contributed by atoms with Crippen LogP contribution in [0, 0.1) is 6.92 Å². The van der Waals surface area contributed by atoms with Gasteiger partial charge in [-0.1, -0.05) is 84.6 Å². The Labute approximate surface area is 231 Å². The van der Waals surface area contributed by atoms with E-state index in [1.165, 1.54) is 5.56 Å². The number of carbonyl (C=O) groups excluding carboxylic acids is 2. The van der Waals surface area contributed by atoms with Gasteiger partial charge in [-0.05, 0) is 61.6 Å². The van der Waals surface area contributed by atoms with Crippen molar-refractivity contribution in [1.29, 1.82) is 0 Å². The van der Waals surface area contributed by atoms with Gasteiger partial charge in [0.2, 0.25) is 11.8 Å². The predicted molar refractivity (Wildman–Crippen MR) is 152 cm³/mol. The van der Waals surface area contributed by atoms with Crippen LogP contribution in [0.1, 0.15) is 55.2 Å². The first-order chi connectivity index (χ1) is 18.5. The summed E-state index contributed by atoms with van der Waals surface area (Å²) in [6.45, 7) is 2.80. The monoisotopic (exact) mass is 532 g/mol. The summed E-state index contributed by atoms with van der Waals surface area (Å²) >= 11 is 6.11. The van der Waals surface area contributed by atoms with E-state index in [1.54, 1.807) is 4.90 Å². The van der Waals surface area contributed by atoms with Crippen LogP contribution in [0.2, 0.25) is 5.02 Å². The minimum absolute atomic E-state index is 0.0602. The number of nitrogens with zero attached hydrogens (tertiary/aromatic N) is 1. The number of benzene rings is 3. The van der Waals surface area contributed by atoms with Crippen molar-refractivity contribution < 1.29 is 14.3 Å². The zero-order valence-electron chi connectivity index (χ0n) is 22.1. The van der Waals surface area contributed by atoms with Gasteiger partial charge in [-0.2, -0.15) is 0 Å². The number of ether oxygens (including phenoxy) is 1. The number of hydrogen-bond donors (Lipinski definition) is 1. The molecule has 0 saturated heterocycles. The first-order valence-corrected chi connectivity index (χ1v) is 13.9. The summed E-state index contributed by atoms with van der Waals surface area (Å²) in [6, 6.07) is 24.8. The summed E-state index contributed by atoms with van der Waals surface area (Å²) in [7, 11) is 0. The standard InChI is InChI=1S/C32H37ClN2O3/c1-24-13-19-29(20-14-24)38-21-7-12-31(36)35(23-26-15-17-27(33)18-16-26)30(22-25-8-3-2-4-9-25)32(37)34-28-10-5-6-11-28/h2-4,8-9,13-20,28,30H,5-7,10-12,21-23H2,1H3,(H,34,37)/t30-/m1/s1. The topological polar surface area (TPSA) is 58.6 Å². The Kier molecular flexibility index (Phi) is 10.2. The van der Waals surface area contributed by atoms with Crippen LogP contribution >= 0.6 is 11.6 Å². The molecule has 6 heteroatoms. The van der Waals surface area contributed by atoms with Crippen LogP contribution < -0.4 is 10.1 Å². The van der Waals surface area contributed by atoms with Crippen molar-refractivity contribution >= 4 is 23.4 Å². The quantitative estimate of drug-likeness (QED) is 0.271. The highest BCUT2D eigenvalue weighted by atomic mass is 35.5. The van der Waals surface area contributed by atoms with E-state index in [4.69, 9.17) is 16.3 Å². The molecule has 1 saturated carbocycles. The molecule has 2 amide bonds. The molecule has 1 N–H and O–H groups in total. The minimum Gasteiger partial charge on any atom is -0.494 e. The number of aryl methyl sites for hydroxylation is 1. The summed E-state index contributed by atoms with van der Waals surface area (Å²) in [5.41, 5.74) is 3.13. The molecule has 0 spiro atoms. The average molecular weight is 533 g/mol. The van der Waals surface area contributed by atoms with Crippen molar-refractivity contribution in [3.63, 3.8) is 0 Å². The van der Waals surface area contributed by atoms with Gasteiger partial charge in [0.25, 0.3) is 0 Å². The lowest BCUT2D eigenvalue weighted by Crippen LogP contribution is -2.52. The Morgan fingerprint density at radius 1 is 0.947 bits per heavy atom. The van der Waals surface area contributed by atoms with Gasteiger partial charge in [-0.25, -0.2) is 0 Å². The van der Waals surface area contributed by atoms with Crippen LogP contribution in [0.3, 0.4) is 0 Å². The second-order valence-corrected chi connectivity index (χ2v) is 10.5. The zero-order chi connectivity index (χ0) is 26.7. The number of hydrogen-bond acceptors (Lipinski definition) is 3. The van der Waals surface area contributed by atoms with Crippen molar-refractivity contribution in [2.75, 3.05) is 6.61 Å². The lowest BCUT2D eigenvalue weighted by Gasteiger charge is -2.32. The van der Waals surface area contributed by atoms with E-state index in [2.05, 4.69) is 5.32 Å². The predicted octanol–water partition coefficient (Wildman–Crippen LogP) is 6.51. The molecule has 5 nitrogen and oxygen atoms in total. The molecular weight excluding hydrogens is 496 g/mol. The van der Waals surface area contributed by atoms with Crippen LogP contribution in [0.5, 0.6) is 5.75 Å². The van der Waals surface area contributed by atoms with E-state index in [0.29, 0.717) is 37.4 Å². The van der Waals surface area contributed by atoms with Crippen LogP contribution in [-0.4, -0.2) is 35.4 Å². The summed E-state index contributed by atoms with van der Waals surface area (Å²) in [5.74, 6) is 0.646. The Morgan fingerprint density at radius 2 is 1.63 bits per heavy atom. The summed E-state index contributed by atoms with van der Waals surface area (Å²) < 4.78 is 5.85. The van der Waals surface area contributed by atoms with Gasteiger partial charge in [0.15, 0.2) is 0 Å². The number of rotatable bonds is 12. The normalized spacial score (nSPS) is 14.2. The molecule has 200 valence electrons. The number of amides is 2. The molecular formula is C32H37ClN2O3. The molecule has 1 atom stereocenters. The molecule has 1 aliphatic carbocycles. The van der Waals surface area contributed by atoms with Crippen molar-refractivity contribution in [3.05, 3.63) is 101 Å². The summed E-state index contributed by atoms with van der Waals surface area (Å²) in [5, 5.41) is 3.88. The van der Waals surface area contributed by atoms with E-state index in [9.17, 15) is 9.59 Å². The molecule has 0 aliphatic heterocycles. The van der Waals surface area contributed by atoms with Crippen LogP contribution in [0.25, 0.3) is 0 Å². The fraction of sp³-hybridized carbons (Fsp3) is 0.375. The Balaban J connectivity index is 1.50. The Hall–Kier alpha value is -3.31. The molecule has 0 heterocycles. The van der Waals surface area contributed by atoms with Crippen molar-refractivity contribution in [2.45, 2.75) is 70.5 Å². The fourth-order valence-corrected chi connectivity index (χ4v) is 5.03. The summed E-state index contributed by atoms with van der Waals surface area (Å²) in [6.07, 6.45) is 5.55. The van der Waals surface area contributed by atoms with Crippen LogP contribution in [0.15, 0.2) is 78.9 Å². The first-order valence-electron chi connectivity index (χ1n) is 13.6. The van der Waals surface area contributed by atoms with E-state index in [1.807, 2.05) is 85.8 Å². The summed E-state index contributed by atoms with van der Waals surface area (Å²) in [4.78, 5) is 29.1. The van der Waals surface area contributed by atoms with Gasteiger partial charge in [0.1, 0.15) is 11.8 Å². The SMILES string of the molecule is Cc1ccc(OCCCC(=O)N(Cc2ccc(Cl)cc2)[C@H](Cc2ccccc2)C(=O)NC2CCCC2)cc1. The van der Waals surface area contributed by atoms with E-state index in [-0.39, 0.29) is 17.9 Å². The fourth-order valence-electron chi connectivity index (χ4n) is 4.90. The maximum absolute atomic E-state index is 13.7. The van der Waals surface area contributed by atoms with Crippen molar-refractivity contribution in [2.24, 2.45) is 0 Å². The second-order valence-electron chi connectivity index (χ2n) is 10.1. The van der Waals surface area contributed by atoms with Gasteiger partial charge < -0.3 is 15.0 Å². The number of carbonyl (C=O) groups is 2. The highest BCUT2D eigenvalue weighted by molar-refractivity contribution is 6.30. The molecule has 1 aliphatic rings. The Morgan fingerprint density at radius 3 is 2.32 bits per heavy atom. The van der Waals surface area contributed by atoms with Crippen molar-refractivity contribution in [3.8, 4) is 5.75 Å². The van der Waals surface area contributed by atoms with Gasteiger partial charge in [-0.3, -0.25) is 9.59 Å². The average Bonchev–Trinajstić information content (AvgIpc) is 3.44. The lowest BCUT2D eigenvalue weighted by molar-refractivity contribution is -0.141. The van der Waals surface area contributed by atoms with Gasteiger partial charge >= 0.3 is 0 Å². The van der Waals surface area contributed by atoms with Crippen molar-refractivity contribution in [1.82, 2.24) is 10.2 Å². The lowest BCUT2D eigenvalue weighted by atomic mass is 10.0. The molecule has 1 fully saturated rings. The maximum Gasteiger partial charge on any atom is 0.243 e. The molecule has 0 unspecified atom stereocenters. The smallest absolute Gasteiger partial charge is 0.243 e. The van der Waals surface area contributed by atoms with Crippen LogP contribution in [0.4, 0.5) is 0 Å². The van der Waals surface area contributed by atoms with E-state index >= 15 is 0 Å². The minimum atomic E-state index is -0.612. The Bertz CT molecular complexity index is 1160.